The molecule has 0 heterocycles. The highest BCUT2D eigenvalue weighted by Gasteiger charge is 1.99. The Labute approximate surface area is 115 Å². The summed E-state index contributed by atoms with van der Waals surface area (Å²) in [7, 11) is 0. The molecule has 2 nitrogen and oxygen atoms in total. The van der Waals surface area contributed by atoms with Gasteiger partial charge in [-0.2, -0.15) is 0 Å². The molecule has 2 aromatic rings. The van der Waals surface area contributed by atoms with Gasteiger partial charge in [0.05, 0.1) is 10.2 Å². The number of phenols is 1. The van der Waals surface area contributed by atoms with E-state index in [0.29, 0.717) is 4.47 Å². The molecule has 0 aliphatic heterocycles. The molecule has 0 saturated heterocycles. The van der Waals surface area contributed by atoms with Crippen molar-refractivity contribution in [2.24, 2.45) is 4.99 Å². The maximum atomic E-state index is 9.42. The number of halogens is 1. The van der Waals surface area contributed by atoms with Gasteiger partial charge in [0.15, 0.2) is 0 Å². The van der Waals surface area contributed by atoms with Gasteiger partial charge in [0, 0.05) is 6.21 Å². The second-order valence-corrected chi connectivity index (χ2v) is 5.04. The Bertz CT molecular complexity index is 605. The summed E-state index contributed by atoms with van der Waals surface area (Å²) in [6, 6.07) is 11.4. The van der Waals surface area contributed by atoms with E-state index in [-0.39, 0.29) is 5.75 Å². The van der Waals surface area contributed by atoms with Crippen molar-refractivity contribution in [2.45, 2.75) is 13.8 Å². The minimum absolute atomic E-state index is 0.235. The molecule has 0 spiro atoms. The first-order valence-electron chi connectivity index (χ1n) is 5.67. The van der Waals surface area contributed by atoms with Crippen molar-refractivity contribution >= 4 is 27.8 Å². The maximum absolute atomic E-state index is 9.42. The number of aryl methyl sites for hydroxylation is 1. The van der Waals surface area contributed by atoms with Gasteiger partial charge >= 0.3 is 0 Å². The van der Waals surface area contributed by atoms with E-state index < -0.39 is 0 Å². The predicted octanol–water partition coefficient (Wildman–Crippen LogP) is 4.52. The lowest BCUT2D eigenvalue weighted by molar-refractivity contribution is 0.472. The molecule has 0 atom stereocenters. The number of nitrogens with zero attached hydrogens (tertiary/aromatic N) is 1. The zero-order valence-corrected chi connectivity index (χ0v) is 11.9. The Kier molecular flexibility index (Phi) is 3.82. The molecule has 0 unspecified atom stereocenters. The van der Waals surface area contributed by atoms with Crippen molar-refractivity contribution in [3.8, 4) is 5.75 Å². The van der Waals surface area contributed by atoms with Crippen LogP contribution in [0, 0.1) is 13.8 Å². The molecule has 18 heavy (non-hydrogen) atoms. The Morgan fingerprint density at radius 3 is 2.67 bits per heavy atom. The van der Waals surface area contributed by atoms with Crippen LogP contribution in [0.3, 0.4) is 0 Å². The molecule has 1 N–H and O–H groups in total. The van der Waals surface area contributed by atoms with Crippen LogP contribution in [0.4, 0.5) is 5.69 Å². The Morgan fingerprint density at radius 2 is 1.94 bits per heavy atom. The van der Waals surface area contributed by atoms with Gasteiger partial charge < -0.3 is 5.11 Å². The van der Waals surface area contributed by atoms with Crippen molar-refractivity contribution in [3.05, 3.63) is 57.6 Å². The molecule has 2 aromatic carbocycles. The van der Waals surface area contributed by atoms with Crippen molar-refractivity contribution in [1.82, 2.24) is 0 Å². The van der Waals surface area contributed by atoms with Gasteiger partial charge in [0.25, 0.3) is 0 Å². The molecule has 0 bridgehead atoms. The third kappa shape index (κ3) is 2.79. The van der Waals surface area contributed by atoms with Crippen LogP contribution < -0.4 is 0 Å². The van der Waals surface area contributed by atoms with E-state index in [1.807, 2.05) is 24.3 Å². The van der Waals surface area contributed by atoms with Crippen molar-refractivity contribution < 1.29 is 5.11 Å². The van der Waals surface area contributed by atoms with Crippen LogP contribution in [0.5, 0.6) is 5.75 Å². The summed E-state index contributed by atoms with van der Waals surface area (Å²) in [5.41, 5.74) is 4.34. The number of rotatable bonds is 2. The average Bonchev–Trinajstić information content (AvgIpc) is 2.35. The zero-order valence-electron chi connectivity index (χ0n) is 10.3. The molecular weight excluding hydrogens is 290 g/mol. The van der Waals surface area contributed by atoms with E-state index in [1.165, 1.54) is 11.1 Å². The number of aliphatic imine (C=N–C) groups is 1. The topological polar surface area (TPSA) is 32.6 Å². The van der Waals surface area contributed by atoms with Crippen molar-refractivity contribution in [1.29, 1.82) is 0 Å². The minimum Gasteiger partial charge on any atom is -0.507 e. The highest BCUT2D eigenvalue weighted by atomic mass is 79.9. The quantitative estimate of drug-likeness (QED) is 0.813. The number of hydrogen-bond donors (Lipinski definition) is 1. The minimum atomic E-state index is 0.235. The van der Waals surface area contributed by atoms with E-state index in [9.17, 15) is 5.11 Å². The number of aromatic hydroxyl groups is 1. The SMILES string of the molecule is Cc1cccc(N=Cc2ccc(O)c(Br)c2)c1C. The number of hydrogen-bond acceptors (Lipinski definition) is 2. The highest BCUT2D eigenvalue weighted by molar-refractivity contribution is 9.10. The van der Waals surface area contributed by atoms with E-state index in [1.54, 1.807) is 12.3 Å². The van der Waals surface area contributed by atoms with Crippen molar-refractivity contribution in [2.75, 3.05) is 0 Å². The third-order valence-corrected chi connectivity index (χ3v) is 3.54. The monoisotopic (exact) mass is 303 g/mol. The van der Waals surface area contributed by atoms with Gasteiger partial charge in [-0.15, -0.1) is 0 Å². The van der Waals surface area contributed by atoms with E-state index in [4.69, 9.17) is 0 Å². The lowest BCUT2D eigenvalue weighted by atomic mass is 10.1. The smallest absolute Gasteiger partial charge is 0.129 e. The first kappa shape index (κ1) is 12.8. The summed E-state index contributed by atoms with van der Waals surface area (Å²) in [6.45, 7) is 4.14. The normalized spacial score (nSPS) is 11.1. The highest BCUT2D eigenvalue weighted by Crippen LogP contribution is 2.25. The Balaban J connectivity index is 2.30. The van der Waals surface area contributed by atoms with Gasteiger partial charge in [-0.1, -0.05) is 12.1 Å². The van der Waals surface area contributed by atoms with Gasteiger partial charge in [-0.25, -0.2) is 0 Å². The van der Waals surface area contributed by atoms with Gasteiger partial charge in [-0.3, -0.25) is 4.99 Å². The van der Waals surface area contributed by atoms with E-state index >= 15 is 0 Å². The van der Waals surface area contributed by atoms with Crippen LogP contribution in [0.1, 0.15) is 16.7 Å². The average molecular weight is 304 g/mol. The van der Waals surface area contributed by atoms with Crippen LogP contribution in [0.25, 0.3) is 0 Å². The van der Waals surface area contributed by atoms with Crippen LogP contribution in [0.2, 0.25) is 0 Å². The fourth-order valence-corrected chi connectivity index (χ4v) is 2.02. The first-order valence-corrected chi connectivity index (χ1v) is 6.46. The van der Waals surface area contributed by atoms with Gasteiger partial charge in [0.1, 0.15) is 5.75 Å². The molecule has 0 aromatic heterocycles. The van der Waals surface area contributed by atoms with E-state index in [0.717, 1.165) is 11.3 Å². The lowest BCUT2D eigenvalue weighted by Gasteiger charge is -2.03. The Morgan fingerprint density at radius 1 is 1.17 bits per heavy atom. The number of phenolic OH excluding ortho intramolecular Hbond substituents is 1. The molecule has 0 fully saturated rings. The molecule has 0 aliphatic carbocycles. The Hall–Kier alpha value is -1.61. The summed E-state index contributed by atoms with van der Waals surface area (Å²) >= 11 is 3.29. The van der Waals surface area contributed by atoms with Crippen molar-refractivity contribution in [3.63, 3.8) is 0 Å². The molecule has 0 aliphatic rings. The summed E-state index contributed by atoms with van der Waals surface area (Å²) in [4.78, 5) is 4.48. The second-order valence-electron chi connectivity index (χ2n) is 4.19. The fourth-order valence-electron chi connectivity index (χ4n) is 1.62. The molecule has 0 saturated carbocycles. The molecule has 3 heteroatoms. The summed E-state index contributed by atoms with van der Waals surface area (Å²) in [5, 5.41) is 9.42. The third-order valence-electron chi connectivity index (χ3n) is 2.90. The van der Waals surface area contributed by atoms with Gasteiger partial charge in [0.2, 0.25) is 0 Å². The summed E-state index contributed by atoms with van der Waals surface area (Å²) in [6.07, 6.45) is 1.80. The van der Waals surface area contributed by atoms with Gasteiger partial charge in [-0.05, 0) is 70.7 Å². The predicted molar refractivity (Wildman–Crippen MR) is 79.0 cm³/mol. The van der Waals surface area contributed by atoms with Crippen LogP contribution in [-0.4, -0.2) is 11.3 Å². The zero-order chi connectivity index (χ0) is 13.1. The van der Waals surface area contributed by atoms with Crippen LogP contribution in [0.15, 0.2) is 45.9 Å². The van der Waals surface area contributed by atoms with E-state index in [2.05, 4.69) is 40.8 Å². The molecular formula is C15H14BrNO. The summed E-state index contributed by atoms with van der Waals surface area (Å²) < 4.78 is 0.674. The lowest BCUT2D eigenvalue weighted by Crippen LogP contribution is -1.84. The first-order chi connectivity index (χ1) is 8.58. The molecule has 92 valence electrons. The summed E-state index contributed by atoms with van der Waals surface area (Å²) in [5.74, 6) is 0.235. The fraction of sp³-hybridized carbons (Fsp3) is 0.133. The van der Waals surface area contributed by atoms with Crippen LogP contribution >= 0.6 is 15.9 Å². The maximum Gasteiger partial charge on any atom is 0.129 e. The largest absolute Gasteiger partial charge is 0.507 e. The number of benzene rings is 2. The molecule has 0 radical (unpaired) electrons. The second kappa shape index (κ2) is 5.36. The molecule has 0 amide bonds. The molecule has 2 rings (SSSR count). The van der Waals surface area contributed by atoms with Crippen LogP contribution in [-0.2, 0) is 0 Å². The standard InChI is InChI=1S/C15H14BrNO/c1-10-4-3-5-14(11(10)2)17-9-12-6-7-15(18)13(16)8-12/h3-9,18H,1-2H3.